The minimum Gasteiger partial charge on any atom is -0.373 e. The Kier molecular flexibility index (Phi) is 7.65. The Labute approximate surface area is 227 Å². The van der Waals surface area contributed by atoms with E-state index in [2.05, 4.69) is 10.4 Å². The molecule has 4 N–H and O–H groups in total. The molecule has 1 aromatic heterocycles. The largest absolute Gasteiger partial charge is 0.435 e. The van der Waals surface area contributed by atoms with Gasteiger partial charge in [-0.15, -0.1) is 0 Å². The topological polar surface area (TPSA) is 113 Å². The molecule has 2 atom stereocenters. The number of rotatable bonds is 9. The molecule has 2 unspecified atom stereocenters. The average molecular weight is 560 g/mol. The maximum Gasteiger partial charge on any atom is 0.435 e. The van der Waals surface area contributed by atoms with Gasteiger partial charge in [0.2, 0.25) is 5.91 Å². The zero-order chi connectivity index (χ0) is 28.6. The summed E-state index contributed by atoms with van der Waals surface area (Å²) in [5.41, 5.74) is 4.95. The first-order chi connectivity index (χ1) is 19.0. The first kappa shape index (κ1) is 27.8. The van der Waals surface area contributed by atoms with Gasteiger partial charge in [-0.05, 0) is 54.2 Å². The molecule has 0 bridgehead atoms. The van der Waals surface area contributed by atoms with Crippen molar-refractivity contribution in [2.24, 2.45) is 11.7 Å². The van der Waals surface area contributed by atoms with E-state index in [0.717, 1.165) is 30.0 Å². The maximum atomic E-state index is 14.9. The number of alkyl halides is 3. The highest BCUT2D eigenvalue weighted by molar-refractivity contribution is 6.03. The van der Waals surface area contributed by atoms with Crippen molar-refractivity contribution in [3.8, 4) is 5.69 Å². The minimum atomic E-state index is -4.82. The molecule has 2 fully saturated rings. The second-order valence-corrected chi connectivity index (χ2v) is 10.2. The van der Waals surface area contributed by atoms with E-state index in [-0.39, 0.29) is 30.2 Å². The number of nitrogens with one attached hydrogen (secondary N) is 1. The number of carbonyl (C=O) groups is 2. The summed E-state index contributed by atoms with van der Waals surface area (Å²) in [7, 11) is 0. The lowest BCUT2D eigenvalue weighted by Gasteiger charge is -2.31. The molecule has 3 aromatic rings. The molecule has 40 heavy (non-hydrogen) atoms. The van der Waals surface area contributed by atoms with E-state index >= 15 is 0 Å². The van der Waals surface area contributed by atoms with Gasteiger partial charge in [-0.1, -0.05) is 31.0 Å². The van der Waals surface area contributed by atoms with Gasteiger partial charge in [-0.25, -0.2) is 9.07 Å². The van der Waals surface area contributed by atoms with Crippen LogP contribution < -0.4 is 11.1 Å². The van der Waals surface area contributed by atoms with E-state index in [1.54, 1.807) is 12.1 Å². The third-order valence-corrected chi connectivity index (χ3v) is 7.35. The van der Waals surface area contributed by atoms with Crippen LogP contribution in [0.1, 0.15) is 71.9 Å². The Balaban J connectivity index is 1.48. The maximum absolute atomic E-state index is 14.9. The molecule has 1 aliphatic carbocycles. The van der Waals surface area contributed by atoms with Gasteiger partial charge < -0.3 is 21.1 Å². The molecule has 8 nitrogen and oxygen atoms in total. The van der Waals surface area contributed by atoms with Crippen LogP contribution >= 0.6 is 0 Å². The Morgan fingerprint density at radius 2 is 1.93 bits per heavy atom. The number of nitrogens with zero attached hydrogens (tertiary/aromatic N) is 3. The van der Waals surface area contributed by atoms with Crippen molar-refractivity contribution in [3.63, 3.8) is 0 Å². The van der Waals surface area contributed by atoms with Crippen LogP contribution in [0, 0.1) is 11.7 Å². The van der Waals surface area contributed by atoms with E-state index in [1.165, 1.54) is 29.2 Å². The standard InChI is InChI=1S/C28H29F4N5O3/c29-20-8-7-18(22(9-6-16-4-5-16)36-25(38)10-11-26(36)39)13-21(20)34-27(40)23-14-24(28(30,31)32)35-37(23)19-3-1-2-17(12-19)15-33/h1-3,7-8,12-14,16,22,25,38H,4-6,9-11,15,33H2,(H,34,40). The normalized spacial score (nSPS) is 18.3. The molecule has 0 spiro atoms. The zero-order valence-corrected chi connectivity index (χ0v) is 21.5. The smallest absolute Gasteiger partial charge is 0.373 e. The highest BCUT2D eigenvalue weighted by Gasteiger charge is 2.38. The number of hydrogen-bond acceptors (Lipinski definition) is 5. The molecule has 12 heteroatoms. The Bertz CT molecular complexity index is 1420. The summed E-state index contributed by atoms with van der Waals surface area (Å²) in [5, 5.41) is 16.5. The Morgan fingerprint density at radius 3 is 2.58 bits per heavy atom. The first-order valence-corrected chi connectivity index (χ1v) is 13.1. The predicted molar refractivity (Wildman–Crippen MR) is 138 cm³/mol. The monoisotopic (exact) mass is 559 g/mol. The fourth-order valence-corrected chi connectivity index (χ4v) is 5.06. The molecule has 1 saturated carbocycles. The molecule has 0 radical (unpaired) electrons. The third kappa shape index (κ3) is 5.87. The van der Waals surface area contributed by atoms with E-state index < -0.39 is 41.6 Å². The van der Waals surface area contributed by atoms with Crippen LogP contribution in [-0.4, -0.2) is 37.8 Å². The quantitative estimate of drug-likeness (QED) is 0.323. The summed E-state index contributed by atoms with van der Waals surface area (Å²) in [4.78, 5) is 27.3. The minimum absolute atomic E-state index is 0.122. The summed E-state index contributed by atoms with van der Waals surface area (Å²) in [5.74, 6) is -1.49. The van der Waals surface area contributed by atoms with E-state index in [1.807, 2.05) is 0 Å². The van der Waals surface area contributed by atoms with E-state index in [9.17, 15) is 32.3 Å². The van der Waals surface area contributed by atoms with Crippen molar-refractivity contribution in [2.45, 2.75) is 63.5 Å². The van der Waals surface area contributed by atoms with Gasteiger partial charge in [0.25, 0.3) is 5.91 Å². The number of anilines is 1. The van der Waals surface area contributed by atoms with Crippen LogP contribution in [0.15, 0.2) is 48.5 Å². The molecule has 5 rings (SSSR count). The molecule has 212 valence electrons. The number of aliphatic hydroxyl groups is 1. The summed E-state index contributed by atoms with van der Waals surface area (Å²) < 4.78 is 56.4. The number of nitrogens with two attached hydrogens (primary N) is 1. The van der Waals surface area contributed by atoms with E-state index in [4.69, 9.17) is 5.73 Å². The highest BCUT2D eigenvalue weighted by atomic mass is 19.4. The third-order valence-electron chi connectivity index (χ3n) is 7.35. The van der Waals surface area contributed by atoms with Gasteiger partial charge in [-0.2, -0.15) is 18.3 Å². The molecule has 1 aliphatic heterocycles. The van der Waals surface area contributed by atoms with Gasteiger partial charge in [0.15, 0.2) is 5.69 Å². The number of aliphatic hydroxyl groups excluding tert-OH is 1. The van der Waals surface area contributed by atoms with Crippen molar-refractivity contribution in [1.29, 1.82) is 0 Å². The number of aromatic nitrogens is 2. The van der Waals surface area contributed by atoms with Crippen molar-refractivity contribution >= 4 is 17.5 Å². The number of hydrogen-bond donors (Lipinski definition) is 3. The zero-order valence-electron chi connectivity index (χ0n) is 21.5. The number of benzene rings is 2. The second kappa shape index (κ2) is 11.0. The average Bonchev–Trinajstić information content (AvgIpc) is 3.53. The number of carbonyl (C=O) groups excluding carboxylic acids is 2. The number of likely N-dealkylation sites (tertiary alicyclic amines) is 1. The second-order valence-electron chi connectivity index (χ2n) is 10.2. The van der Waals surface area contributed by atoms with Crippen molar-refractivity contribution in [1.82, 2.24) is 14.7 Å². The van der Waals surface area contributed by atoms with Crippen LogP contribution in [-0.2, 0) is 17.5 Å². The molecule has 2 heterocycles. The molecular weight excluding hydrogens is 530 g/mol. The Morgan fingerprint density at radius 1 is 1.15 bits per heavy atom. The van der Waals surface area contributed by atoms with Crippen LogP contribution in [0.2, 0.25) is 0 Å². The first-order valence-electron chi connectivity index (χ1n) is 13.1. The summed E-state index contributed by atoms with van der Waals surface area (Å²) in [6, 6.07) is 10.3. The van der Waals surface area contributed by atoms with Crippen LogP contribution in [0.5, 0.6) is 0 Å². The molecular formula is C28H29F4N5O3. The number of halogens is 4. The van der Waals surface area contributed by atoms with Gasteiger partial charge in [0.05, 0.1) is 17.4 Å². The van der Waals surface area contributed by atoms with Gasteiger partial charge in [0.1, 0.15) is 17.7 Å². The van der Waals surface area contributed by atoms with Crippen LogP contribution in [0.3, 0.4) is 0 Å². The lowest BCUT2D eigenvalue weighted by Crippen LogP contribution is -2.36. The molecule has 2 aliphatic rings. The van der Waals surface area contributed by atoms with Gasteiger partial charge >= 0.3 is 6.18 Å². The summed E-state index contributed by atoms with van der Waals surface area (Å²) in [6.07, 6.45) is -1.75. The fraction of sp³-hybridized carbons (Fsp3) is 0.393. The summed E-state index contributed by atoms with van der Waals surface area (Å²) in [6.45, 7) is 0.122. The number of amides is 2. The van der Waals surface area contributed by atoms with Crippen LogP contribution in [0.25, 0.3) is 5.69 Å². The van der Waals surface area contributed by atoms with Crippen molar-refractivity contribution in [3.05, 3.63) is 76.9 Å². The molecule has 1 saturated heterocycles. The lowest BCUT2D eigenvalue weighted by atomic mass is 9.98. The predicted octanol–water partition coefficient (Wildman–Crippen LogP) is 4.91. The van der Waals surface area contributed by atoms with E-state index in [0.29, 0.717) is 36.0 Å². The Hall–Kier alpha value is -3.77. The lowest BCUT2D eigenvalue weighted by molar-refractivity contribution is -0.141. The fourth-order valence-electron chi connectivity index (χ4n) is 5.06. The molecule has 2 aromatic carbocycles. The highest BCUT2D eigenvalue weighted by Crippen LogP contribution is 2.40. The summed E-state index contributed by atoms with van der Waals surface area (Å²) >= 11 is 0. The van der Waals surface area contributed by atoms with Crippen molar-refractivity contribution < 1.29 is 32.3 Å². The van der Waals surface area contributed by atoms with Crippen molar-refractivity contribution in [2.75, 3.05) is 5.32 Å². The SMILES string of the molecule is NCc1cccc(-n2nc(C(F)(F)F)cc2C(=O)Nc2cc(C(CCC3CC3)N3C(=O)CCC3O)ccc2F)c1. The van der Waals surface area contributed by atoms with Crippen LogP contribution in [0.4, 0.5) is 23.2 Å². The molecule has 2 amide bonds. The van der Waals surface area contributed by atoms with Gasteiger partial charge in [-0.3, -0.25) is 9.59 Å². The van der Waals surface area contributed by atoms with Gasteiger partial charge in [0, 0.05) is 25.5 Å².